The number of likely N-dealkylation sites (tertiary alicyclic amines) is 1. The third-order valence-electron chi connectivity index (χ3n) is 2.47. The summed E-state index contributed by atoms with van der Waals surface area (Å²) < 4.78 is 0. The van der Waals surface area contributed by atoms with Gasteiger partial charge in [-0.3, -0.25) is 9.88 Å². The van der Waals surface area contributed by atoms with E-state index in [1.807, 2.05) is 6.07 Å². The van der Waals surface area contributed by atoms with Gasteiger partial charge in [0.05, 0.1) is 5.69 Å². The summed E-state index contributed by atoms with van der Waals surface area (Å²) in [6.45, 7) is 2.89. The Kier molecular flexibility index (Phi) is 3.01. The Morgan fingerprint density at radius 2 is 2.50 bits per heavy atom. The third kappa shape index (κ3) is 2.44. The van der Waals surface area contributed by atoms with Crippen LogP contribution in [0.3, 0.4) is 0 Å². The first-order chi connectivity index (χ1) is 6.74. The van der Waals surface area contributed by atoms with Crippen LogP contribution in [0.4, 0.5) is 0 Å². The molecule has 1 saturated heterocycles. The van der Waals surface area contributed by atoms with Crippen molar-refractivity contribution in [1.29, 1.82) is 0 Å². The Morgan fingerprint density at radius 1 is 1.64 bits per heavy atom. The number of pyridine rings is 1. The monoisotopic (exact) mass is 211 g/mol. The lowest BCUT2D eigenvalue weighted by molar-refractivity contribution is 0.323. The summed E-state index contributed by atoms with van der Waals surface area (Å²) in [6.07, 6.45) is 2.83. The molecular weight excluding hydrogens is 198 g/mol. The summed E-state index contributed by atoms with van der Waals surface area (Å²) >= 11 is 5.88. The molecule has 14 heavy (non-hydrogen) atoms. The predicted octanol–water partition coefficient (Wildman–Crippen LogP) is 1.27. The van der Waals surface area contributed by atoms with Gasteiger partial charge < -0.3 is 5.73 Å². The topological polar surface area (TPSA) is 42.1 Å². The van der Waals surface area contributed by atoms with Crippen molar-refractivity contribution in [3.05, 3.63) is 29.0 Å². The van der Waals surface area contributed by atoms with Crippen LogP contribution >= 0.6 is 11.6 Å². The molecule has 0 radical (unpaired) electrons. The number of halogens is 1. The Morgan fingerprint density at radius 3 is 3.14 bits per heavy atom. The average molecular weight is 212 g/mol. The van der Waals surface area contributed by atoms with Gasteiger partial charge in [-0.1, -0.05) is 11.6 Å². The second-order valence-corrected chi connectivity index (χ2v) is 4.19. The minimum absolute atomic E-state index is 0.328. The van der Waals surface area contributed by atoms with Gasteiger partial charge in [-0.25, -0.2) is 0 Å². The second kappa shape index (κ2) is 4.26. The van der Waals surface area contributed by atoms with Crippen LogP contribution in [-0.4, -0.2) is 29.0 Å². The van der Waals surface area contributed by atoms with Crippen molar-refractivity contribution in [2.24, 2.45) is 5.73 Å². The fourth-order valence-electron chi connectivity index (χ4n) is 1.77. The average Bonchev–Trinajstić information content (AvgIpc) is 2.51. The van der Waals surface area contributed by atoms with E-state index in [4.69, 9.17) is 17.3 Å². The number of hydrogen-bond acceptors (Lipinski definition) is 3. The van der Waals surface area contributed by atoms with E-state index in [2.05, 4.69) is 9.88 Å². The van der Waals surface area contributed by atoms with E-state index in [1.165, 1.54) is 0 Å². The normalized spacial score (nSPS) is 22.9. The van der Waals surface area contributed by atoms with Crippen LogP contribution in [0.1, 0.15) is 12.1 Å². The highest BCUT2D eigenvalue weighted by molar-refractivity contribution is 6.30. The zero-order chi connectivity index (χ0) is 9.97. The molecule has 0 saturated carbocycles. The largest absolute Gasteiger partial charge is 0.326 e. The molecule has 1 aliphatic heterocycles. The van der Waals surface area contributed by atoms with Gasteiger partial charge in [-0.05, 0) is 18.6 Å². The Hall–Kier alpha value is -0.640. The van der Waals surface area contributed by atoms with Gasteiger partial charge in [0.2, 0.25) is 0 Å². The summed E-state index contributed by atoms with van der Waals surface area (Å²) in [7, 11) is 0. The molecule has 0 amide bonds. The number of aromatic nitrogens is 1. The highest BCUT2D eigenvalue weighted by Crippen LogP contribution is 2.13. The zero-order valence-corrected chi connectivity index (χ0v) is 8.74. The first-order valence-electron chi connectivity index (χ1n) is 4.82. The van der Waals surface area contributed by atoms with E-state index in [1.54, 1.807) is 12.3 Å². The summed E-state index contributed by atoms with van der Waals surface area (Å²) in [4.78, 5) is 6.57. The standard InChI is InChI=1S/C10H14ClN3/c11-8-1-3-13-10(5-8)7-14-4-2-9(12)6-14/h1,3,5,9H,2,4,6-7,12H2/t9-/m1/s1. The number of rotatable bonds is 2. The predicted molar refractivity (Wildman–Crippen MR) is 57.1 cm³/mol. The molecule has 1 atom stereocenters. The van der Waals surface area contributed by atoms with Gasteiger partial charge in [0, 0.05) is 36.9 Å². The summed E-state index contributed by atoms with van der Waals surface area (Å²) in [5.41, 5.74) is 6.84. The quantitative estimate of drug-likeness (QED) is 0.801. The maximum Gasteiger partial charge on any atom is 0.0558 e. The highest BCUT2D eigenvalue weighted by Gasteiger charge is 2.19. The molecule has 76 valence electrons. The van der Waals surface area contributed by atoms with Crippen molar-refractivity contribution in [2.45, 2.75) is 19.0 Å². The van der Waals surface area contributed by atoms with Gasteiger partial charge in [0.25, 0.3) is 0 Å². The molecule has 2 heterocycles. The molecule has 1 aromatic rings. The van der Waals surface area contributed by atoms with Gasteiger partial charge >= 0.3 is 0 Å². The fraction of sp³-hybridized carbons (Fsp3) is 0.500. The van der Waals surface area contributed by atoms with Crippen LogP contribution in [0.5, 0.6) is 0 Å². The molecule has 2 N–H and O–H groups in total. The van der Waals surface area contributed by atoms with Crippen molar-refractivity contribution in [1.82, 2.24) is 9.88 Å². The lowest BCUT2D eigenvalue weighted by Crippen LogP contribution is -2.26. The Labute approximate surface area is 88.9 Å². The van der Waals surface area contributed by atoms with Gasteiger partial charge in [-0.15, -0.1) is 0 Å². The van der Waals surface area contributed by atoms with Crippen LogP contribution in [0.2, 0.25) is 5.02 Å². The smallest absolute Gasteiger partial charge is 0.0558 e. The molecular formula is C10H14ClN3. The van der Waals surface area contributed by atoms with E-state index >= 15 is 0 Å². The molecule has 3 nitrogen and oxygen atoms in total. The molecule has 0 unspecified atom stereocenters. The van der Waals surface area contributed by atoms with E-state index in [0.29, 0.717) is 6.04 Å². The molecule has 0 spiro atoms. The number of nitrogens with zero attached hydrogens (tertiary/aromatic N) is 2. The van der Waals surface area contributed by atoms with Crippen LogP contribution in [0.25, 0.3) is 0 Å². The van der Waals surface area contributed by atoms with Gasteiger partial charge in [0.1, 0.15) is 0 Å². The third-order valence-corrected chi connectivity index (χ3v) is 2.71. The minimum Gasteiger partial charge on any atom is -0.326 e. The van der Waals surface area contributed by atoms with Crippen molar-refractivity contribution in [2.75, 3.05) is 13.1 Å². The van der Waals surface area contributed by atoms with E-state index in [-0.39, 0.29) is 0 Å². The first kappa shape index (κ1) is 9.90. The molecule has 4 heteroatoms. The molecule has 0 aromatic carbocycles. The molecule has 1 aromatic heterocycles. The van der Waals surface area contributed by atoms with Crippen LogP contribution in [0, 0.1) is 0 Å². The molecule has 0 aliphatic carbocycles. The SMILES string of the molecule is N[C@@H]1CCN(Cc2cc(Cl)ccn2)C1. The van der Waals surface area contributed by atoms with E-state index in [9.17, 15) is 0 Å². The Bertz CT molecular complexity index is 316. The van der Waals surface area contributed by atoms with Crippen LogP contribution in [0.15, 0.2) is 18.3 Å². The van der Waals surface area contributed by atoms with Crippen molar-refractivity contribution < 1.29 is 0 Å². The van der Waals surface area contributed by atoms with Crippen molar-refractivity contribution in [3.8, 4) is 0 Å². The summed E-state index contributed by atoms with van der Waals surface area (Å²) in [6, 6.07) is 4.03. The number of hydrogen-bond donors (Lipinski definition) is 1. The maximum absolute atomic E-state index is 5.88. The fourth-order valence-corrected chi connectivity index (χ4v) is 1.95. The highest BCUT2D eigenvalue weighted by atomic mass is 35.5. The zero-order valence-electron chi connectivity index (χ0n) is 7.99. The van der Waals surface area contributed by atoms with Gasteiger partial charge in [-0.2, -0.15) is 0 Å². The second-order valence-electron chi connectivity index (χ2n) is 3.75. The minimum atomic E-state index is 0.328. The lowest BCUT2D eigenvalue weighted by atomic mass is 10.3. The van der Waals surface area contributed by atoms with Crippen LogP contribution < -0.4 is 5.73 Å². The number of nitrogens with two attached hydrogens (primary N) is 1. The summed E-state index contributed by atoms with van der Waals surface area (Å²) in [5, 5.41) is 0.749. The van der Waals surface area contributed by atoms with Crippen molar-refractivity contribution in [3.63, 3.8) is 0 Å². The first-order valence-corrected chi connectivity index (χ1v) is 5.20. The van der Waals surface area contributed by atoms with Crippen molar-refractivity contribution >= 4 is 11.6 Å². The van der Waals surface area contributed by atoms with Gasteiger partial charge in [0.15, 0.2) is 0 Å². The molecule has 1 fully saturated rings. The van der Waals surface area contributed by atoms with E-state index in [0.717, 1.165) is 36.8 Å². The maximum atomic E-state index is 5.88. The summed E-state index contributed by atoms with van der Waals surface area (Å²) in [5.74, 6) is 0. The lowest BCUT2D eigenvalue weighted by Gasteiger charge is -2.14. The molecule has 1 aliphatic rings. The van der Waals surface area contributed by atoms with E-state index < -0.39 is 0 Å². The molecule has 0 bridgehead atoms. The molecule has 2 rings (SSSR count). The Balaban J connectivity index is 1.97. The van der Waals surface area contributed by atoms with Crippen LogP contribution in [-0.2, 0) is 6.54 Å².